The molecule has 0 bridgehead atoms. The Morgan fingerprint density at radius 1 is 0.816 bits per heavy atom. The van der Waals surface area contributed by atoms with Crippen molar-refractivity contribution in [2.75, 3.05) is 26.4 Å². The third kappa shape index (κ3) is 8.85. The van der Waals surface area contributed by atoms with E-state index in [9.17, 15) is 19.5 Å². The first-order valence-electron chi connectivity index (χ1n) is 12.9. The van der Waals surface area contributed by atoms with Crippen molar-refractivity contribution in [1.82, 2.24) is 0 Å². The fourth-order valence-electron chi connectivity index (χ4n) is 3.71. The lowest BCUT2D eigenvalue weighted by Crippen LogP contribution is -2.61. The molecule has 0 aliphatic carbocycles. The number of benzene rings is 2. The Hall–Kier alpha value is -3.43. The molecule has 0 amide bonds. The van der Waals surface area contributed by atoms with Gasteiger partial charge in [-0.1, -0.05) is 30.7 Å². The summed E-state index contributed by atoms with van der Waals surface area (Å²) in [5.41, 5.74) is -0.699. The number of aryl methyl sites for hydroxylation is 2. The maximum Gasteiger partial charge on any atom is 0.353 e. The predicted molar refractivity (Wildman–Crippen MR) is 140 cm³/mol. The number of aliphatic hydroxyl groups is 1. The van der Waals surface area contributed by atoms with Crippen LogP contribution in [0.2, 0.25) is 0 Å². The normalized spacial score (nSPS) is 11.9. The standard InChI is InChI=1S/C29H38O9/c1-5-34-26(30)25(29(33,27(31)35-6-2)28(32)36-7-3)37-19-10-8-9-13-22-15-17-23(18-16-22)38-24-14-11-12-21(4)20-24/h11-12,14-18,20,25,33H,5-10,13,19H2,1-4H3. The quantitative estimate of drug-likeness (QED) is 0.147. The molecule has 2 aromatic rings. The molecule has 0 saturated heterocycles. The number of rotatable bonds is 16. The van der Waals surface area contributed by atoms with E-state index in [2.05, 4.69) is 0 Å². The van der Waals surface area contributed by atoms with Gasteiger partial charge < -0.3 is 28.8 Å². The molecule has 0 heterocycles. The van der Waals surface area contributed by atoms with Crippen LogP contribution in [0, 0.1) is 6.92 Å². The zero-order chi connectivity index (χ0) is 28.0. The van der Waals surface area contributed by atoms with Crippen molar-refractivity contribution in [3.05, 3.63) is 59.7 Å². The molecule has 0 spiro atoms. The van der Waals surface area contributed by atoms with Gasteiger partial charge in [0.15, 0.2) is 0 Å². The molecular weight excluding hydrogens is 492 g/mol. The van der Waals surface area contributed by atoms with Gasteiger partial charge in [0.1, 0.15) is 11.5 Å². The van der Waals surface area contributed by atoms with E-state index < -0.39 is 29.6 Å². The van der Waals surface area contributed by atoms with E-state index >= 15 is 0 Å². The molecule has 38 heavy (non-hydrogen) atoms. The first-order valence-corrected chi connectivity index (χ1v) is 12.9. The molecule has 0 saturated carbocycles. The third-order valence-corrected chi connectivity index (χ3v) is 5.60. The van der Waals surface area contributed by atoms with E-state index in [4.69, 9.17) is 23.7 Å². The minimum Gasteiger partial charge on any atom is -0.464 e. The zero-order valence-corrected chi connectivity index (χ0v) is 22.6. The molecule has 1 N–H and O–H groups in total. The minimum absolute atomic E-state index is 0.00781. The second-order valence-electron chi connectivity index (χ2n) is 8.58. The van der Waals surface area contributed by atoms with Gasteiger partial charge in [-0.05, 0) is 82.3 Å². The summed E-state index contributed by atoms with van der Waals surface area (Å²) in [6.07, 6.45) is 1.01. The highest BCUT2D eigenvalue weighted by Gasteiger charge is 2.58. The number of hydrogen-bond donors (Lipinski definition) is 1. The zero-order valence-electron chi connectivity index (χ0n) is 22.6. The van der Waals surface area contributed by atoms with E-state index in [1.165, 1.54) is 13.8 Å². The molecule has 1 atom stereocenters. The molecule has 9 nitrogen and oxygen atoms in total. The largest absolute Gasteiger partial charge is 0.464 e. The van der Waals surface area contributed by atoms with Gasteiger partial charge in [0.05, 0.1) is 19.8 Å². The Balaban J connectivity index is 1.90. The van der Waals surface area contributed by atoms with Crippen molar-refractivity contribution in [2.45, 2.75) is 65.1 Å². The Kier molecular flexibility index (Phi) is 12.8. The summed E-state index contributed by atoms with van der Waals surface area (Å²) in [6, 6.07) is 15.7. The predicted octanol–water partition coefficient (Wildman–Crippen LogP) is 4.31. The van der Waals surface area contributed by atoms with Gasteiger partial charge in [0, 0.05) is 6.61 Å². The van der Waals surface area contributed by atoms with E-state index in [1.807, 2.05) is 55.5 Å². The Morgan fingerprint density at radius 3 is 2.03 bits per heavy atom. The van der Waals surface area contributed by atoms with Crippen LogP contribution < -0.4 is 4.74 Å². The van der Waals surface area contributed by atoms with E-state index in [0.717, 1.165) is 41.9 Å². The van der Waals surface area contributed by atoms with Crippen molar-refractivity contribution in [2.24, 2.45) is 0 Å². The summed E-state index contributed by atoms with van der Waals surface area (Å²) in [5, 5.41) is 11.0. The average molecular weight is 531 g/mol. The van der Waals surface area contributed by atoms with Gasteiger partial charge in [-0.25, -0.2) is 14.4 Å². The lowest BCUT2D eigenvalue weighted by atomic mass is 9.96. The second-order valence-corrected chi connectivity index (χ2v) is 8.58. The van der Waals surface area contributed by atoms with Crippen LogP contribution in [0.4, 0.5) is 0 Å². The number of ether oxygens (including phenoxy) is 5. The third-order valence-electron chi connectivity index (χ3n) is 5.60. The molecule has 2 rings (SSSR count). The Bertz CT molecular complexity index is 1010. The number of hydrogen-bond acceptors (Lipinski definition) is 9. The van der Waals surface area contributed by atoms with Crippen LogP contribution in [0.25, 0.3) is 0 Å². The van der Waals surface area contributed by atoms with Gasteiger partial charge in [0.25, 0.3) is 5.60 Å². The topological polar surface area (TPSA) is 118 Å². The molecule has 0 aliphatic heterocycles. The SMILES string of the molecule is CCOC(=O)C(OCCCCCc1ccc(Oc2cccc(C)c2)cc1)C(O)(C(=O)OCC)C(=O)OCC. The van der Waals surface area contributed by atoms with Crippen LogP contribution in [0.3, 0.4) is 0 Å². The molecule has 0 fully saturated rings. The van der Waals surface area contributed by atoms with Crippen LogP contribution in [-0.4, -0.2) is 61.1 Å². The fourth-order valence-corrected chi connectivity index (χ4v) is 3.71. The maximum absolute atomic E-state index is 12.5. The first kappa shape index (κ1) is 30.8. The number of carbonyl (C=O) groups excluding carboxylic acids is 3. The van der Waals surface area contributed by atoms with Crippen LogP contribution >= 0.6 is 0 Å². The van der Waals surface area contributed by atoms with E-state index in [1.54, 1.807) is 6.92 Å². The van der Waals surface area contributed by atoms with Crippen molar-refractivity contribution >= 4 is 17.9 Å². The highest BCUT2D eigenvalue weighted by molar-refractivity contribution is 6.08. The van der Waals surface area contributed by atoms with Gasteiger partial charge in [-0.15, -0.1) is 0 Å². The van der Waals surface area contributed by atoms with Gasteiger partial charge in [-0.3, -0.25) is 0 Å². The van der Waals surface area contributed by atoms with Gasteiger partial charge >= 0.3 is 17.9 Å². The molecule has 208 valence electrons. The van der Waals surface area contributed by atoms with Crippen LogP contribution in [0.5, 0.6) is 11.5 Å². The Labute approximate surface area is 224 Å². The lowest BCUT2D eigenvalue weighted by Gasteiger charge is -2.30. The smallest absolute Gasteiger partial charge is 0.353 e. The molecule has 9 heteroatoms. The maximum atomic E-state index is 12.5. The van der Waals surface area contributed by atoms with Crippen molar-refractivity contribution in [3.63, 3.8) is 0 Å². The molecule has 1 unspecified atom stereocenters. The van der Waals surface area contributed by atoms with E-state index in [0.29, 0.717) is 6.42 Å². The van der Waals surface area contributed by atoms with Crippen molar-refractivity contribution < 1.29 is 43.2 Å². The summed E-state index contributed by atoms with van der Waals surface area (Å²) in [5.74, 6) is -2.16. The molecule has 0 aliphatic rings. The summed E-state index contributed by atoms with van der Waals surface area (Å²) in [7, 11) is 0. The van der Waals surface area contributed by atoms with Crippen molar-refractivity contribution in [1.29, 1.82) is 0 Å². The minimum atomic E-state index is -2.97. The number of esters is 3. The van der Waals surface area contributed by atoms with Gasteiger partial charge in [-0.2, -0.15) is 0 Å². The highest BCUT2D eigenvalue weighted by atomic mass is 16.6. The van der Waals surface area contributed by atoms with Crippen LogP contribution in [0.1, 0.15) is 51.2 Å². The summed E-state index contributed by atoms with van der Waals surface area (Å²) < 4.78 is 26.1. The molecule has 0 radical (unpaired) electrons. The monoisotopic (exact) mass is 530 g/mol. The Morgan fingerprint density at radius 2 is 1.45 bits per heavy atom. The fraction of sp³-hybridized carbons (Fsp3) is 0.483. The highest BCUT2D eigenvalue weighted by Crippen LogP contribution is 2.24. The second kappa shape index (κ2) is 15.7. The number of carbonyl (C=O) groups is 3. The van der Waals surface area contributed by atoms with Crippen LogP contribution in [0.15, 0.2) is 48.5 Å². The number of unbranched alkanes of at least 4 members (excludes halogenated alkanes) is 2. The summed E-state index contributed by atoms with van der Waals surface area (Å²) in [6.45, 7) is 6.33. The molecule has 2 aromatic carbocycles. The summed E-state index contributed by atoms with van der Waals surface area (Å²) >= 11 is 0. The average Bonchev–Trinajstić information content (AvgIpc) is 2.89. The summed E-state index contributed by atoms with van der Waals surface area (Å²) in [4.78, 5) is 37.5. The van der Waals surface area contributed by atoms with Gasteiger partial charge in [0.2, 0.25) is 6.10 Å². The van der Waals surface area contributed by atoms with Crippen LogP contribution in [-0.2, 0) is 39.8 Å². The first-order chi connectivity index (χ1) is 18.3. The van der Waals surface area contributed by atoms with Crippen molar-refractivity contribution in [3.8, 4) is 11.5 Å². The molecular formula is C29H38O9. The lowest BCUT2D eigenvalue weighted by molar-refractivity contribution is -0.208. The van der Waals surface area contributed by atoms with E-state index in [-0.39, 0.29) is 26.4 Å². The molecule has 0 aromatic heterocycles.